The molecule has 0 aliphatic carbocycles. The van der Waals surface area contributed by atoms with Gasteiger partial charge in [-0.1, -0.05) is 24.3 Å². The van der Waals surface area contributed by atoms with Crippen LogP contribution in [0.3, 0.4) is 0 Å². The van der Waals surface area contributed by atoms with Crippen LogP contribution < -0.4 is 4.90 Å². The number of nitrogens with zero attached hydrogens (tertiary/aromatic N) is 2. The van der Waals surface area contributed by atoms with E-state index in [1.807, 2.05) is 54.4 Å². The Kier molecular flexibility index (Phi) is 4.50. The first-order valence-electron chi connectivity index (χ1n) is 6.28. The van der Waals surface area contributed by atoms with Crippen LogP contribution in [0.2, 0.25) is 0 Å². The molecule has 0 saturated carbocycles. The van der Waals surface area contributed by atoms with Gasteiger partial charge >= 0.3 is 5.97 Å². The number of pyridine rings is 1. The molecule has 0 unspecified atom stereocenters. The lowest BCUT2D eigenvalue weighted by Crippen LogP contribution is -2.18. The third-order valence-electron chi connectivity index (χ3n) is 2.88. The van der Waals surface area contributed by atoms with Gasteiger partial charge in [0.1, 0.15) is 0 Å². The third kappa shape index (κ3) is 3.68. The average Bonchev–Trinajstić information content (AvgIpc) is 2.46. The number of benzene rings is 1. The number of para-hydroxylation sites is 1. The first-order valence-corrected chi connectivity index (χ1v) is 6.28. The summed E-state index contributed by atoms with van der Waals surface area (Å²) in [5.41, 5.74) is 2.80. The highest BCUT2D eigenvalue weighted by Gasteiger charge is 2.06. The summed E-state index contributed by atoms with van der Waals surface area (Å²) in [5.74, 6) is -0.952. The van der Waals surface area contributed by atoms with Crippen molar-refractivity contribution in [1.82, 2.24) is 4.98 Å². The van der Waals surface area contributed by atoms with Crippen LogP contribution in [-0.4, -0.2) is 23.1 Å². The van der Waals surface area contributed by atoms with E-state index in [1.54, 1.807) is 12.3 Å². The van der Waals surface area contributed by atoms with Crippen LogP contribution in [0.1, 0.15) is 11.3 Å². The molecule has 0 fully saturated rings. The Labute approximate surface area is 118 Å². The Morgan fingerprint density at radius 3 is 2.70 bits per heavy atom. The molecule has 0 radical (unpaired) electrons. The topological polar surface area (TPSA) is 53.4 Å². The molecule has 0 spiro atoms. The van der Waals surface area contributed by atoms with Crippen molar-refractivity contribution in [2.75, 3.05) is 11.9 Å². The summed E-state index contributed by atoms with van der Waals surface area (Å²) < 4.78 is 0. The van der Waals surface area contributed by atoms with Crippen molar-refractivity contribution in [3.63, 3.8) is 0 Å². The second kappa shape index (κ2) is 6.52. The Hall–Kier alpha value is -2.62. The fourth-order valence-corrected chi connectivity index (χ4v) is 1.96. The van der Waals surface area contributed by atoms with Gasteiger partial charge in [-0.25, -0.2) is 4.79 Å². The van der Waals surface area contributed by atoms with Gasteiger partial charge < -0.3 is 10.0 Å². The van der Waals surface area contributed by atoms with Crippen molar-refractivity contribution < 1.29 is 9.90 Å². The van der Waals surface area contributed by atoms with E-state index in [-0.39, 0.29) is 0 Å². The van der Waals surface area contributed by atoms with Crippen LogP contribution in [0, 0.1) is 0 Å². The molecule has 1 N–H and O–H groups in total. The molecule has 20 heavy (non-hydrogen) atoms. The van der Waals surface area contributed by atoms with Gasteiger partial charge in [-0.15, -0.1) is 0 Å². The van der Waals surface area contributed by atoms with Crippen LogP contribution in [0.25, 0.3) is 6.08 Å². The molecule has 1 aromatic heterocycles. The molecule has 4 nitrogen and oxygen atoms in total. The minimum atomic E-state index is -0.952. The van der Waals surface area contributed by atoms with Crippen LogP contribution in [0.5, 0.6) is 0 Å². The van der Waals surface area contributed by atoms with Gasteiger partial charge in [0, 0.05) is 25.0 Å². The highest BCUT2D eigenvalue weighted by Crippen LogP contribution is 2.21. The van der Waals surface area contributed by atoms with E-state index in [1.165, 1.54) is 0 Å². The predicted molar refractivity (Wildman–Crippen MR) is 79.5 cm³/mol. The standard InChI is InChI=1S/C16H16N2O2/c1-18(12-14-7-4-5-11-17-14)15-8-3-2-6-13(15)9-10-16(19)20/h2-11H,12H2,1H3,(H,19,20)/b10-9+. The molecule has 102 valence electrons. The van der Waals surface area contributed by atoms with Crippen molar-refractivity contribution >= 4 is 17.7 Å². The van der Waals surface area contributed by atoms with Gasteiger partial charge in [-0.05, 0) is 29.8 Å². The van der Waals surface area contributed by atoms with E-state index in [9.17, 15) is 4.79 Å². The number of aromatic nitrogens is 1. The molecule has 0 bridgehead atoms. The molecule has 4 heteroatoms. The maximum absolute atomic E-state index is 10.6. The van der Waals surface area contributed by atoms with Gasteiger partial charge in [0.25, 0.3) is 0 Å². The predicted octanol–water partition coefficient (Wildman–Crippen LogP) is 2.82. The fourth-order valence-electron chi connectivity index (χ4n) is 1.96. The molecule has 0 atom stereocenters. The van der Waals surface area contributed by atoms with E-state index in [2.05, 4.69) is 4.98 Å². The number of rotatable bonds is 5. The van der Waals surface area contributed by atoms with Gasteiger partial charge in [-0.2, -0.15) is 0 Å². The fraction of sp³-hybridized carbons (Fsp3) is 0.125. The minimum absolute atomic E-state index is 0.665. The van der Waals surface area contributed by atoms with Crippen molar-refractivity contribution in [1.29, 1.82) is 0 Å². The van der Waals surface area contributed by atoms with Crippen molar-refractivity contribution in [2.24, 2.45) is 0 Å². The highest BCUT2D eigenvalue weighted by atomic mass is 16.4. The molecule has 0 aliphatic heterocycles. The number of carbonyl (C=O) groups is 1. The van der Waals surface area contributed by atoms with Crippen molar-refractivity contribution in [2.45, 2.75) is 6.54 Å². The summed E-state index contributed by atoms with van der Waals surface area (Å²) in [5, 5.41) is 8.73. The Morgan fingerprint density at radius 1 is 1.25 bits per heavy atom. The summed E-state index contributed by atoms with van der Waals surface area (Å²) in [6, 6.07) is 13.5. The van der Waals surface area contributed by atoms with E-state index in [4.69, 9.17) is 5.11 Å². The summed E-state index contributed by atoms with van der Waals surface area (Å²) in [7, 11) is 1.96. The molecule has 2 rings (SSSR count). The van der Waals surface area contributed by atoms with Gasteiger partial charge in [0.05, 0.1) is 12.2 Å². The van der Waals surface area contributed by atoms with E-state index < -0.39 is 5.97 Å². The molecular weight excluding hydrogens is 252 g/mol. The number of anilines is 1. The zero-order valence-electron chi connectivity index (χ0n) is 11.2. The van der Waals surface area contributed by atoms with Gasteiger partial charge in [-0.3, -0.25) is 4.98 Å². The smallest absolute Gasteiger partial charge is 0.328 e. The maximum atomic E-state index is 10.6. The SMILES string of the molecule is CN(Cc1ccccn1)c1ccccc1/C=C/C(=O)O. The zero-order chi connectivity index (χ0) is 14.4. The highest BCUT2D eigenvalue weighted by molar-refractivity contribution is 5.86. The summed E-state index contributed by atoms with van der Waals surface area (Å²) in [4.78, 5) is 17.0. The Balaban J connectivity index is 2.21. The largest absolute Gasteiger partial charge is 0.478 e. The van der Waals surface area contributed by atoms with Gasteiger partial charge in [0.2, 0.25) is 0 Å². The maximum Gasteiger partial charge on any atom is 0.328 e. The average molecular weight is 268 g/mol. The van der Waals surface area contributed by atoms with Crippen LogP contribution >= 0.6 is 0 Å². The number of carboxylic acids is 1. The lowest BCUT2D eigenvalue weighted by Gasteiger charge is -2.21. The Morgan fingerprint density at radius 2 is 2.00 bits per heavy atom. The zero-order valence-corrected chi connectivity index (χ0v) is 11.2. The second-order valence-electron chi connectivity index (χ2n) is 4.41. The van der Waals surface area contributed by atoms with E-state index >= 15 is 0 Å². The van der Waals surface area contributed by atoms with Crippen LogP contribution in [-0.2, 0) is 11.3 Å². The number of hydrogen-bond donors (Lipinski definition) is 1. The van der Waals surface area contributed by atoms with E-state index in [0.29, 0.717) is 6.54 Å². The summed E-state index contributed by atoms with van der Waals surface area (Å²) in [6.07, 6.45) is 4.51. The third-order valence-corrected chi connectivity index (χ3v) is 2.88. The molecular formula is C16H16N2O2. The number of carboxylic acid groups (broad SMARTS) is 1. The quantitative estimate of drug-likeness (QED) is 0.847. The number of aliphatic carboxylic acids is 1. The molecule has 0 amide bonds. The lowest BCUT2D eigenvalue weighted by atomic mass is 10.1. The van der Waals surface area contributed by atoms with Gasteiger partial charge in [0.15, 0.2) is 0 Å². The molecule has 0 aliphatic rings. The second-order valence-corrected chi connectivity index (χ2v) is 4.41. The lowest BCUT2D eigenvalue weighted by molar-refractivity contribution is -0.131. The molecule has 2 aromatic rings. The number of hydrogen-bond acceptors (Lipinski definition) is 3. The van der Waals surface area contributed by atoms with Crippen molar-refractivity contribution in [3.8, 4) is 0 Å². The minimum Gasteiger partial charge on any atom is -0.478 e. The molecule has 0 saturated heterocycles. The summed E-state index contributed by atoms with van der Waals surface area (Å²) in [6.45, 7) is 0.665. The Bertz CT molecular complexity index is 609. The van der Waals surface area contributed by atoms with Crippen molar-refractivity contribution in [3.05, 3.63) is 66.0 Å². The van der Waals surface area contributed by atoms with Crippen LogP contribution in [0.4, 0.5) is 5.69 Å². The molecule has 1 aromatic carbocycles. The van der Waals surface area contributed by atoms with E-state index in [0.717, 1.165) is 23.0 Å². The monoisotopic (exact) mass is 268 g/mol. The normalized spacial score (nSPS) is 10.7. The molecule has 1 heterocycles. The summed E-state index contributed by atoms with van der Waals surface area (Å²) >= 11 is 0. The first kappa shape index (κ1) is 13.8. The first-order chi connectivity index (χ1) is 9.66. The van der Waals surface area contributed by atoms with Crippen LogP contribution in [0.15, 0.2) is 54.7 Å².